The molecule has 1 aromatic carbocycles. The SMILES string of the molecule is O=C(O)c1cccc(F)c1SC1COC1. The summed E-state index contributed by atoms with van der Waals surface area (Å²) in [6.45, 7) is 1.11. The molecule has 0 radical (unpaired) electrons. The van der Waals surface area contributed by atoms with Gasteiger partial charge in [0.05, 0.1) is 28.9 Å². The highest BCUT2D eigenvalue weighted by molar-refractivity contribution is 8.00. The normalized spacial score (nSPS) is 16.1. The van der Waals surface area contributed by atoms with E-state index in [4.69, 9.17) is 9.84 Å². The van der Waals surface area contributed by atoms with Crippen LogP contribution in [0.25, 0.3) is 0 Å². The molecule has 0 aliphatic carbocycles. The van der Waals surface area contributed by atoms with Gasteiger partial charge < -0.3 is 9.84 Å². The minimum atomic E-state index is -1.10. The van der Waals surface area contributed by atoms with Crippen molar-refractivity contribution in [2.45, 2.75) is 10.1 Å². The molecule has 1 N–H and O–H groups in total. The molecule has 0 spiro atoms. The predicted octanol–water partition coefficient (Wildman–Crippen LogP) is 2.01. The molecule has 1 heterocycles. The van der Waals surface area contributed by atoms with Crippen molar-refractivity contribution in [1.29, 1.82) is 0 Å². The van der Waals surface area contributed by atoms with Crippen LogP contribution < -0.4 is 0 Å². The molecule has 1 aliphatic heterocycles. The van der Waals surface area contributed by atoms with Crippen molar-refractivity contribution in [3.05, 3.63) is 29.6 Å². The van der Waals surface area contributed by atoms with Crippen molar-refractivity contribution < 1.29 is 19.0 Å². The molecule has 15 heavy (non-hydrogen) atoms. The van der Waals surface area contributed by atoms with Crippen LogP contribution in [0.4, 0.5) is 4.39 Å². The van der Waals surface area contributed by atoms with E-state index in [9.17, 15) is 9.18 Å². The minimum Gasteiger partial charge on any atom is -0.478 e. The van der Waals surface area contributed by atoms with E-state index in [1.165, 1.54) is 30.0 Å². The highest BCUT2D eigenvalue weighted by Crippen LogP contribution is 2.32. The minimum absolute atomic E-state index is 0.0203. The molecular formula is C10H9FO3S. The molecule has 5 heteroatoms. The number of benzene rings is 1. The van der Waals surface area contributed by atoms with Gasteiger partial charge in [0.2, 0.25) is 0 Å². The Balaban J connectivity index is 2.29. The number of carbonyl (C=O) groups is 1. The molecule has 1 aliphatic rings. The summed E-state index contributed by atoms with van der Waals surface area (Å²) in [6.07, 6.45) is 0. The lowest BCUT2D eigenvalue weighted by Gasteiger charge is -2.25. The molecule has 1 aromatic rings. The molecule has 1 saturated heterocycles. The predicted molar refractivity (Wildman–Crippen MR) is 53.8 cm³/mol. The zero-order chi connectivity index (χ0) is 10.8. The summed E-state index contributed by atoms with van der Waals surface area (Å²) in [5.41, 5.74) is 0.0203. The van der Waals surface area contributed by atoms with E-state index in [1.54, 1.807) is 0 Å². The third-order valence-corrected chi connectivity index (χ3v) is 3.35. The second-order valence-electron chi connectivity index (χ2n) is 3.20. The summed E-state index contributed by atoms with van der Waals surface area (Å²) in [5.74, 6) is -1.58. The van der Waals surface area contributed by atoms with E-state index < -0.39 is 11.8 Å². The monoisotopic (exact) mass is 228 g/mol. The summed E-state index contributed by atoms with van der Waals surface area (Å²) in [4.78, 5) is 11.1. The maximum atomic E-state index is 13.4. The van der Waals surface area contributed by atoms with Gasteiger partial charge in [-0.1, -0.05) is 6.07 Å². The lowest BCUT2D eigenvalue weighted by atomic mass is 10.2. The molecule has 1 fully saturated rings. The molecule has 0 atom stereocenters. The van der Waals surface area contributed by atoms with Gasteiger partial charge in [-0.3, -0.25) is 0 Å². The van der Waals surface area contributed by atoms with E-state index in [2.05, 4.69) is 0 Å². The van der Waals surface area contributed by atoms with Gasteiger partial charge in [-0.05, 0) is 12.1 Å². The highest BCUT2D eigenvalue weighted by atomic mass is 32.2. The number of carboxylic acids is 1. The summed E-state index contributed by atoms with van der Waals surface area (Å²) in [5, 5.41) is 9.05. The van der Waals surface area contributed by atoms with E-state index in [-0.39, 0.29) is 15.7 Å². The van der Waals surface area contributed by atoms with Gasteiger partial charge >= 0.3 is 5.97 Å². The van der Waals surface area contributed by atoms with Crippen molar-refractivity contribution in [3.63, 3.8) is 0 Å². The molecule has 0 aromatic heterocycles. The summed E-state index contributed by atoms with van der Waals surface area (Å²) >= 11 is 1.23. The van der Waals surface area contributed by atoms with Crippen molar-refractivity contribution in [2.75, 3.05) is 13.2 Å². The lowest BCUT2D eigenvalue weighted by Crippen LogP contribution is -2.30. The zero-order valence-electron chi connectivity index (χ0n) is 7.77. The first-order chi connectivity index (χ1) is 7.18. The first-order valence-electron chi connectivity index (χ1n) is 4.44. The molecule has 80 valence electrons. The van der Waals surface area contributed by atoms with Crippen LogP contribution in [-0.4, -0.2) is 29.5 Å². The standard InChI is InChI=1S/C10H9FO3S/c11-8-3-1-2-7(10(12)13)9(8)15-6-4-14-5-6/h1-3,6H,4-5H2,(H,12,13). The summed E-state index contributed by atoms with van der Waals surface area (Å²) < 4.78 is 18.4. The van der Waals surface area contributed by atoms with Crippen molar-refractivity contribution >= 4 is 17.7 Å². The van der Waals surface area contributed by atoms with Crippen LogP contribution in [0.2, 0.25) is 0 Å². The quantitative estimate of drug-likeness (QED) is 0.859. The van der Waals surface area contributed by atoms with Gasteiger partial charge in [0.25, 0.3) is 0 Å². The van der Waals surface area contributed by atoms with Gasteiger partial charge in [0, 0.05) is 0 Å². The number of ether oxygens (including phenoxy) is 1. The number of halogens is 1. The number of rotatable bonds is 3. The third-order valence-electron chi connectivity index (χ3n) is 2.09. The van der Waals surface area contributed by atoms with Crippen LogP contribution in [0.15, 0.2) is 23.1 Å². The fourth-order valence-electron chi connectivity index (χ4n) is 1.25. The average Bonchev–Trinajstić information content (AvgIpc) is 2.12. The highest BCUT2D eigenvalue weighted by Gasteiger charge is 2.24. The number of aromatic carboxylic acids is 1. The fraction of sp³-hybridized carbons (Fsp3) is 0.300. The molecule has 0 bridgehead atoms. The van der Waals surface area contributed by atoms with Crippen LogP contribution in [0, 0.1) is 5.82 Å². The Kier molecular flexibility index (Phi) is 2.93. The van der Waals surface area contributed by atoms with Gasteiger partial charge in [-0.15, -0.1) is 11.8 Å². The smallest absolute Gasteiger partial charge is 0.336 e. The summed E-state index contributed by atoms with van der Waals surface area (Å²) in [7, 11) is 0. The Morgan fingerprint density at radius 1 is 1.53 bits per heavy atom. The van der Waals surface area contributed by atoms with Gasteiger partial charge in [-0.2, -0.15) is 0 Å². The first kappa shape index (κ1) is 10.4. The first-order valence-corrected chi connectivity index (χ1v) is 5.32. The van der Waals surface area contributed by atoms with Crippen molar-refractivity contribution in [2.24, 2.45) is 0 Å². The van der Waals surface area contributed by atoms with E-state index in [0.29, 0.717) is 13.2 Å². The van der Waals surface area contributed by atoms with E-state index in [1.807, 2.05) is 0 Å². The molecule has 2 rings (SSSR count). The van der Waals surface area contributed by atoms with Crippen molar-refractivity contribution in [3.8, 4) is 0 Å². The van der Waals surface area contributed by atoms with Crippen molar-refractivity contribution in [1.82, 2.24) is 0 Å². The third kappa shape index (κ3) is 2.13. The summed E-state index contributed by atoms with van der Waals surface area (Å²) in [6, 6.07) is 4.09. The van der Waals surface area contributed by atoms with Gasteiger partial charge in [0.1, 0.15) is 5.82 Å². The lowest BCUT2D eigenvalue weighted by molar-refractivity contribution is 0.0454. The Labute approximate surface area is 90.2 Å². The molecule has 0 unspecified atom stereocenters. The zero-order valence-corrected chi connectivity index (χ0v) is 8.59. The van der Waals surface area contributed by atoms with Crippen LogP contribution in [0.1, 0.15) is 10.4 Å². The number of thioether (sulfide) groups is 1. The molecule has 0 amide bonds. The largest absolute Gasteiger partial charge is 0.478 e. The molecule has 0 saturated carbocycles. The number of hydrogen-bond acceptors (Lipinski definition) is 3. The van der Waals surface area contributed by atoms with Gasteiger partial charge in [0.15, 0.2) is 0 Å². The topological polar surface area (TPSA) is 46.5 Å². The second kappa shape index (κ2) is 4.20. The van der Waals surface area contributed by atoms with Crippen LogP contribution in [-0.2, 0) is 4.74 Å². The van der Waals surface area contributed by atoms with E-state index >= 15 is 0 Å². The van der Waals surface area contributed by atoms with Crippen LogP contribution >= 0.6 is 11.8 Å². The van der Waals surface area contributed by atoms with Crippen LogP contribution in [0.5, 0.6) is 0 Å². The average molecular weight is 228 g/mol. The van der Waals surface area contributed by atoms with Crippen LogP contribution in [0.3, 0.4) is 0 Å². The maximum Gasteiger partial charge on any atom is 0.336 e. The van der Waals surface area contributed by atoms with E-state index in [0.717, 1.165) is 0 Å². The molecule has 3 nitrogen and oxygen atoms in total. The second-order valence-corrected chi connectivity index (χ2v) is 4.51. The molecular weight excluding hydrogens is 219 g/mol. The Bertz CT molecular complexity index is 390. The fourth-order valence-corrected chi connectivity index (χ4v) is 2.37. The maximum absolute atomic E-state index is 13.4. The number of carboxylic acid groups (broad SMARTS) is 1. The van der Waals surface area contributed by atoms with Gasteiger partial charge in [-0.25, -0.2) is 9.18 Å². The number of hydrogen-bond donors (Lipinski definition) is 1. The Morgan fingerprint density at radius 3 is 2.80 bits per heavy atom. The Hall–Kier alpha value is -1.07. The Morgan fingerprint density at radius 2 is 2.27 bits per heavy atom.